The Morgan fingerprint density at radius 3 is 2.55 bits per heavy atom. The monoisotopic (exact) mass is 439 g/mol. The first kappa shape index (κ1) is 22.3. The van der Waals surface area contributed by atoms with E-state index in [0.717, 1.165) is 0 Å². The summed E-state index contributed by atoms with van der Waals surface area (Å²) in [7, 11) is 1.42. The molecule has 3 N–H and O–H groups in total. The minimum absolute atomic E-state index is 0.0919. The lowest BCUT2D eigenvalue weighted by molar-refractivity contribution is -0.120. The van der Waals surface area contributed by atoms with Gasteiger partial charge in [-0.25, -0.2) is 13.6 Å². The summed E-state index contributed by atoms with van der Waals surface area (Å²) in [5.41, 5.74) is 4.54. The van der Waals surface area contributed by atoms with Crippen LogP contribution in [0.2, 0.25) is 0 Å². The van der Waals surface area contributed by atoms with Crippen LogP contribution in [0.5, 0.6) is 5.75 Å². The van der Waals surface area contributed by atoms with Gasteiger partial charge in [-0.3, -0.25) is 14.5 Å². The molecule has 1 aromatic heterocycles. The normalized spacial score (nSPS) is 18.1. The van der Waals surface area contributed by atoms with Gasteiger partial charge in [-0.2, -0.15) is 0 Å². The van der Waals surface area contributed by atoms with Crippen LogP contribution in [0.15, 0.2) is 22.6 Å². The predicted molar refractivity (Wildman–Crippen MR) is 106 cm³/mol. The summed E-state index contributed by atoms with van der Waals surface area (Å²) in [6.07, 6.45) is -1.94. The zero-order valence-corrected chi connectivity index (χ0v) is 17.5. The number of hydrogen-bond acceptors (Lipinski definition) is 6. The van der Waals surface area contributed by atoms with Gasteiger partial charge in [-0.1, -0.05) is 0 Å². The second kappa shape index (κ2) is 7.71. The van der Waals surface area contributed by atoms with Crippen LogP contribution in [-0.2, 0) is 9.53 Å². The van der Waals surface area contributed by atoms with Crippen molar-refractivity contribution in [3.63, 3.8) is 0 Å². The van der Waals surface area contributed by atoms with Crippen LogP contribution >= 0.6 is 0 Å². The number of carbonyl (C=O) groups is 3. The molecule has 0 saturated carbocycles. The second-order valence-electron chi connectivity index (χ2n) is 8.21. The third kappa shape index (κ3) is 4.70. The minimum Gasteiger partial charge on any atom is -0.497 e. The summed E-state index contributed by atoms with van der Waals surface area (Å²) >= 11 is 0. The summed E-state index contributed by atoms with van der Waals surface area (Å²) in [5, 5.41) is 2.71. The highest BCUT2D eigenvalue weighted by Gasteiger charge is 2.51. The van der Waals surface area contributed by atoms with Crippen molar-refractivity contribution in [2.45, 2.75) is 44.8 Å². The first-order chi connectivity index (χ1) is 14.3. The second-order valence-corrected chi connectivity index (χ2v) is 8.21. The van der Waals surface area contributed by atoms with E-state index in [0.29, 0.717) is 10.6 Å². The first-order valence-electron chi connectivity index (χ1n) is 9.40. The number of methoxy groups -OCH3 is 1. The van der Waals surface area contributed by atoms with E-state index in [-0.39, 0.29) is 22.4 Å². The van der Waals surface area contributed by atoms with Crippen molar-refractivity contribution in [2.24, 2.45) is 5.73 Å². The van der Waals surface area contributed by atoms with Crippen LogP contribution in [-0.4, -0.2) is 54.0 Å². The van der Waals surface area contributed by atoms with Gasteiger partial charge >= 0.3 is 6.09 Å². The molecule has 0 radical (unpaired) electrons. The average Bonchev–Trinajstić information content (AvgIpc) is 3.17. The standard InChI is InChI=1S/C20H23F2N3O6/c1-19(2,3)31-18(28)25-9-20(21,22)8-12(25)17(27)24-14-11-7-10(29-4)5-6-13(11)30-15(14)16(23)26/h5-7,12H,8-9H2,1-4H3,(H2,23,26)(H,24,27)/t12-/m1/s1. The van der Waals surface area contributed by atoms with Crippen LogP contribution in [0.4, 0.5) is 19.3 Å². The van der Waals surface area contributed by atoms with E-state index in [1.165, 1.54) is 19.2 Å². The Labute approximate surface area is 176 Å². The highest BCUT2D eigenvalue weighted by Crippen LogP contribution is 2.36. The van der Waals surface area contributed by atoms with E-state index >= 15 is 0 Å². The van der Waals surface area contributed by atoms with Crippen LogP contribution in [0, 0.1) is 0 Å². The average molecular weight is 439 g/mol. The number of ether oxygens (including phenoxy) is 2. The fourth-order valence-corrected chi connectivity index (χ4v) is 3.27. The minimum atomic E-state index is -3.28. The van der Waals surface area contributed by atoms with Crippen LogP contribution in [0.1, 0.15) is 37.7 Å². The quantitative estimate of drug-likeness (QED) is 0.754. The molecule has 1 saturated heterocycles. The van der Waals surface area contributed by atoms with Gasteiger partial charge in [0.05, 0.1) is 13.7 Å². The summed E-state index contributed by atoms with van der Waals surface area (Å²) in [5.74, 6) is -5.14. The Kier molecular flexibility index (Phi) is 5.55. The molecule has 0 aliphatic carbocycles. The molecule has 1 atom stereocenters. The SMILES string of the molecule is COc1ccc2oc(C(N)=O)c(NC(=O)[C@H]3CC(F)(F)CN3C(=O)OC(C)(C)C)c2c1. The number of rotatable bonds is 4. The number of nitrogens with two attached hydrogens (primary N) is 1. The smallest absolute Gasteiger partial charge is 0.411 e. The Bertz CT molecular complexity index is 1040. The summed E-state index contributed by atoms with van der Waals surface area (Å²) in [4.78, 5) is 37.8. The molecule has 168 valence electrons. The van der Waals surface area contributed by atoms with E-state index in [9.17, 15) is 23.2 Å². The molecule has 31 heavy (non-hydrogen) atoms. The van der Waals surface area contributed by atoms with Crippen LogP contribution < -0.4 is 15.8 Å². The Morgan fingerprint density at radius 2 is 1.97 bits per heavy atom. The number of likely N-dealkylation sites (tertiary alicyclic amines) is 1. The zero-order valence-electron chi connectivity index (χ0n) is 17.5. The summed E-state index contributed by atoms with van der Waals surface area (Å²) in [6.45, 7) is 3.78. The number of anilines is 1. The van der Waals surface area contributed by atoms with Crippen molar-refractivity contribution in [1.82, 2.24) is 4.90 Å². The molecule has 2 heterocycles. The third-order valence-electron chi connectivity index (χ3n) is 4.57. The van der Waals surface area contributed by atoms with Gasteiger partial charge in [-0.15, -0.1) is 0 Å². The van der Waals surface area contributed by atoms with Crippen molar-refractivity contribution >= 4 is 34.6 Å². The van der Waals surface area contributed by atoms with Gasteiger partial charge in [0.25, 0.3) is 11.8 Å². The number of fused-ring (bicyclic) bond motifs is 1. The van der Waals surface area contributed by atoms with Crippen molar-refractivity contribution in [1.29, 1.82) is 0 Å². The Morgan fingerprint density at radius 1 is 1.29 bits per heavy atom. The number of alkyl halides is 2. The van der Waals surface area contributed by atoms with Crippen molar-refractivity contribution in [3.05, 3.63) is 24.0 Å². The molecule has 0 bridgehead atoms. The molecular formula is C20H23F2N3O6. The van der Waals surface area contributed by atoms with E-state index < -0.39 is 48.4 Å². The van der Waals surface area contributed by atoms with E-state index in [1.807, 2.05) is 0 Å². The Hall–Kier alpha value is -3.37. The maximum absolute atomic E-state index is 14.1. The lowest BCUT2D eigenvalue weighted by Crippen LogP contribution is -2.45. The number of benzene rings is 1. The third-order valence-corrected chi connectivity index (χ3v) is 4.57. The molecule has 3 rings (SSSR count). The number of hydrogen-bond donors (Lipinski definition) is 2. The van der Waals surface area contributed by atoms with Crippen LogP contribution in [0.3, 0.4) is 0 Å². The van der Waals surface area contributed by atoms with E-state index in [4.69, 9.17) is 19.6 Å². The van der Waals surface area contributed by atoms with E-state index in [1.54, 1.807) is 26.8 Å². The molecule has 1 aromatic carbocycles. The van der Waals surface area contributed by atoms with Gasteiger partial charge in [0.2, 0.25) is 11.7 Å². The fourth-order valence-electron chi connectivity index (χ4n) is 3.27. The molecule has 1 fully saturated rings. The lowest BCUT2D eigenvalue weighted by atomic mass is 10.1. The van der Waals surface area contributed by atoms with Crippen molar-refractivity contribution < 1.29 is 37.1 Å². The molecular weight excluding hydrogens is 416 g/mol. The van der Waals surface area contributed by atoms with Gasteiger partial charge in [0.15, 0.2) is 0 Å². The molecule has 0 spiro atoms. The van der Waals surface area contributed by atoms with Crippen LogP contribution in [0.25, 0.3) is 11.0 Å². The number of halogens is 2. The van der Waals surface area contributed by atoms with Crippen molar-refractivity contribution in [2.75, 3.05) is 19.0 Å². The highest BCUT2D eigenvalue weighted by molar-refractivity contribution is 6.11. The molecule has 11 heteroatoms. The van der Waals surface area contributed by atoms with Gasteiger partial charge in [-0.05, 0) is 39.0 Å². The summed E-state index contributed by atoms with van der Waals surface area (Å²) < 4.78 is 43.9. The fraction of sp³-hybridized carbons (Fsp3) is 0.450. The number of furan rings is 1. The number of carbonyl (C=O) groups excluding carboxylic acids is 3. The van der Waals surface area contributed by atoms with Crippen molar-refractivity contribution in [3.8, 4) is 5.75 Å². The molecule has 1 aliphatic heterocycles. The number of nitrogens with zero attached hydrogens (tertiary/aromatic N) is 1. The molecule has 0 unspecified atom stereocenters. The zero-order chi connectivity index (χ0) is 23.1. The molecule has 2 aromatic rings. The number of nitrogens with one attached hydrogen (secondary N) is 1. The molecule has 9 nitrogen and oxygen atoms in total. The van der Waals surface area contributed by atoms with E-state index in [2.05, 4.69) is 5.32 Å². The number of amides is 3. The molecule has 3 amide bonds. The lowest BCUT2D eigenvalue weighted by Gasteiger charge is -2.27. The van der Waals surface area contributed by atoms with Gasteiger partial charge < -0.3 is 24.9 Å². The first-order valence-corrected chi connectivity index (χ1v) is 9.40. The molecule has 1 aliphatic rings. The van der Waals surface area contributed by atoms with Gasteiger partial charge in [0.1, 0.15) is 28.7 Å². The maximum Gasteiger partial charge on any atom is 0.411 e. The highest BCUT2D eigenvalue weighted by atomic mass is 19.3. The Balaban J connectivity index is 1.95. The maximum atomic E-state index is 14.1. The van der Waals surface area contributed by atoms with Gasteiger partial charge in [0, 0.05) is 11.8 Å². The summed E-state index contributed by atoms with van der Waals surface area (Å²) in [6, 6.07) is 3.05. The topological polar surface area (TPSA) is 124 Å². The largest absolute Gasteiger partial charge is 0.497 e. The number of primary amides is 1. The predicted octanol–water partition coefficient (Wildman–Crippen LogP) is 3.12.